The number of nitro benzene ring substituents is 1. The van der Waals surface area contributed by atoms with E-state index in [0.717, 1.165) is 5.69 Å². The summed E-state index contributed by atoms with van der Waals surface area (Å²) < 4.78 is 23.0. The van der Waals surface area contributed by atoms with E-state index in [0.29, 0.717) is 45.1 Å². The standard InChI is InChI=1S/C27H24N4O6S/c1-34-17-8-10-22(35-2)20(15-17)30-26(25(29-27(30)38)19-6-4-5-13-28-19)23-12-11-21(37-23)18-9-7-16(31(32)33)14-24(18)36-3/h4-15,25-26H,1-3H3,(H,29,38)/t25-,26-/m0/s1. The van der Waals surface area contributed by atoms with E-state index in [1.165, 1.54) is 19.2 Å². The van der Waals surface area contributed by atoms with E-state index in [1.54, 1.807) is 32.5 Å². The van der Waals surface area contributed by atoms with Gasteiger partial charge in [-0.15, -0.1) is 0 Å². The van der Waals surface area contributed by atoms with Gasteiger partial charge in [-0.25, -0.2) is 0 Å². The first-order valence-corrected chi connectivity index (χ1v) is 12.0. The van der Waals surface area contributed by atoms with Gasteiger partial charge in [-0.2, -0.15) is 0 Å². The molecule has 1 saturated heterocycles. The summed E-state index contributed by atoms with van der Waals surface area (Å²) >= 11 is 5.81. The Balaban J connectivity index is 1.63. The van der Waals surface area contributed by atoms with Crippen molar-refractivity contribution in [3.8, 4) is 28.6 Å². The van der Waals surface area contributed by atoms with Crippen LogP contribution < -0.4 is 24.4 Å². The molecule has 1 aliphatic rings. The molecule has 1 fully saturated rings. The van der Waals surface area contributed by atoms with Crippen LogP contribution in [0.2, 0.25) is 0 Å². The molecule has 2 atom stereocenters. The number of benzene rings is 2. The van der Waals surface area contributed by atoms with Crippen molar-refractivity contribution in [3.63, 3.8) is 0 Å². The fourth-order valence-corrected chi connectivity index (χ4v) is 4.88. The maximum absolute atomic E-state index is 11.2. The molecular formula is C27H24N4O6S. The number of rotatable bonds is 8. The summed E-state index contributed by atoms with van der Waals surface area (Å²) in [6.45, 7) is 0. The van der Waals surface area contributed by atoms with E-state index in [2.05, 4.69) is 10.3 Å². The summed E-state index contributed by atoms with van der Waals surface area (Å²) in [7, 11) is 4.64. The first-order valence-electron chi connectivity index (χ1n) is 11.6. The van der Waals surface area contributed by atoms with Gasteiger partial charge in [-0.05, 0) is 54.7 Å². The maximum Gasteiger partial charge on any atom is 0.273 e. The molecular weight excluding hydrogens is 508 g/mol. The van der Waals surface area contributed by atoms with Gasteiger partial charge in [0.25, 0.3) is 5.69 Å². The van der Waals surface area contributed by atoms with E-state index in [9.17, 15) is 10.1 Å². The molecule has 194 valence electrons. The van der Waals surface area contributed by atoms with Gasteiger partial charge in [0.15, 0.2) is 5.11 Å². The monoisotopic (exact) mass is 532 g/mol. The Morgan fingerprint density at radius 1 is 1.00 bits per heavy atom. The van der Waals surface area contributed by atoms with Crippen LogP contribution in [-0.4, -0.2) is 36.3 Å². The number of nitro groups is 1. The molecule has 0 unspecified atom stereocenters. The Kier molecular flexibility index (Phi) is 6.84. The Labute approximate surface area is 223 Å². The zero-order chi connectivity index (χ0) is 26.8. The van der Waals surface area contributed by atoms with Crippen molar-refractivity contribution in [2.75, 3.05) is 26.2 Å². The van der Waals surface area contributed by atoms with Gasteiger partial charge >= 0.3 is 0 Å². The van der Waals surface area contributed by atoms with Gasteiger partial charge in [-0.1, -0.05) is 6.07 Å². The number of aromatic nitrogens is 1. The van der Waals surface area contributed by atoms with Gasteiger partial charge in [0.2, 0.25) is 0 Å². The first-order chi connectivity index (χ1) is 18.4. The van der Waals surface area contributed by atoms with Crippen LogP contribution >= 0.6 is 12.2 Å². The second-order valence-corrected chi connectivity index (χ2v) is 8.76. The number of hydrogen-bond donors (Lipinski definition) is 1. The lowest BCUT2D eigenvalue weighted by atomic mass is 10.0. The van der Waals surface area contributed by atoms with E-state index < -0.39 is 11.0 Å². The average Bonchev–Trinajstić information content (AvgIpc) is 3.57. The molecule has 1 aliphatic heterocycles. The molecule has 1 N–H and O–H groups in total. The number of nitrogens with zero attached hydrogens (tertiary/aromatic N) is 3. The first kappa shape index (κ1) is 25.0. The number of methoxy groups -OCH3 is 3. The fraction of sp³-hybridized carbons (Fsp3) is 0.185. The van der Waals surface area contributed by atoms with Crippen molar-refractivity contribution >= 4 is 28.7 Å². The number of non-ortho nitro benzene ring substituents is 1. The average molecular weight is 533 g/mol. The second-order valence-electron chi connectivity index (χ2n) is 8.38. The van der Waals surface area contributed by atoms with E-state index in [-0.39, 0.29) is 11.7 Å². The minimum absolute atomic E-state index is 0.0748. The van der Waals surface area contributed by atoms with Crippen LogP contribution in [-0.2, 0) is 0 Å². The molecule has 5 rings (SSSR count). The van der Waals surface area contributed by atoms with E-state index >= 15 is 0 Å². The summed E-state index contributed by atoms with van der Waals surface area (Å²) in [5.74, 6) is 2.65. The predicted molar refractivity (Wildman–Crippen MR) is 145 cm³/mol. The third kappa shape index (κ3) is 4.48. The summed E-state index contributed by atoms with van der Waals surface area (Å²) in [4.78, 5) is 17.3. The van der Waals surface area contributed by atoms with Crippen molar-refractivity contribution in [1.29, 1.82) is 0 Å². The summed E-state index contributed by atoms with van der Waals surface area (Å²) in [6, 6.07) is 18.4. The molecule has 0 bridgehead atoms. The molecule has 0 aliphatic carbocycles. The molecule has 4 aromatic rings. The molecule has 0 saturated carbocycles. The molecule has 2 aromatic carbocycles. The zero-order valence-electron chi connectivity index (χ0n) is 20.8. The van der Waals surface area contributed by atoms with Crippen LogP contribution in [0.4, 0.5) is 11.4 Å². The van der Waals surface area contributed by atoms with Crippen LogP contribution in [0.5, 0.6) is 17.2 Å². The number of nitrogens with one attached hydrogen (secondary N) is 1. The predicted octanol–water partition coefficient (Wildman–Crippen LogP) is 5.45. The number of thiocarbonyl (C=S) groups is 1. The lowest BCUT2D eigenvalue weighted by Crippen LogP contribution is -2.29. The SMILES string of the molecule is COc1ccc(OC)c(N2C(=S)N[C@@H](c3ccccn3)[C@@H]2c2ccc(-c3ccc([N+](=O)[O-])cc3OC)o2)c1. The topological polar surface area (TPSA) is 112 Å². The fourth-order valence-electron chi connectivity index (χ4n) is 4.54. The van der Waals surface area contributed by atoms with Crippen molar-refractivity contribution in [3.05, 3.63) is 94.5 Å². The Hall–Kier alpha value is -4.64. The van der Waals surface area contributed by atoms with Crippen LogP contribution in [0.3, 0.4) is 0 Å². The largest absolute Gasteiger partial charge is 0.497 e. The quantitative estimate of drug-likeness (QED) is 0.178. The highest BCUT2D eigenvalue weighted by Crippen LogP contribution is 2.47. The van der Waals surface area contributed by atoms with E-state index in [1.807, 2.05) is 47.4 Å². The smallest absolute Gasteiger partial charge is 0.273 e. The minimum Gasteiger partial charge on any atom is -0.497 e. The Bertz CT molecular complexity index is 1490. The molecule has 0 radical (unpaired) electrons. The van der Waals surface area contributed by atoms with Gasteiger partial charge in [0.05, 0.1) is 55.3 Å². The van der Waals surface area contributed by atoms with Crippen LogP contribution in [0.15, 0.2) is 77.3 Å². The zero-order valence-corrected chi connectivity index (χ0v) is 21.6. The number of anilines is 1. The molecule has 2 aromatic heterocycles. The molecule has 3 heterocycles. The maximum atomic E-state index is 11.2. The lowest BCUT2D eigenvalue weighted by Gasteiger charge is -2.27. The molecule has 10 nitrogen and oxygen atoms in total. The summed E-state index contributed by atoms with van der Waals surface area (Å²) in [5.41, 5.74) is 1.97. The summed E-state index contributed by atoms with van der Waals surface area (Å²) in [6.07, 6.45) is 1.72. The Morgan fingerprint density at radius 2 is 1.82 bits per heavy atom. The van der Waals surface area contributed by atoms with Crippen LogP contribution in [0, 0.1) is 10.1 Å². The minimum atomic E-state index is -0.470. The highest BCUT2D eigenvalue weighted by Gasteiger charge is 2.43. The highest BCUT2D eigenvalue weighted by molar-refractivity contribution is 7.80. The Morgan fingerprint density at radius 3 is 2.50 bits per heavy atom. The number of hydrogen-bond acceptors (Lipinski definition) is 8. The van der Waals surface area contributed by atoms with Gasteiger partial charge in [0, 0.05) is 18.3 Å². The number of furan rings is 1. The van der Waals surface area contributed by atoms with Crippen molar-refractivity contribution < 1.29 is 23.6 Å². The third-order valence-corrected chi connectivity index (χ3v) is 6.64. The van der Waals surface area contributed by atoms with Crippen molar-refractivity contribution in [2.24, 2.45) is 0 Å². The van der Waals surface area contributed by atoms with Crippen molar-refractivity contribution in [1.82, 2.24) is 10.3 Å². The molecule has 0 amide bonds. The number of pyridine rings is 1. The van der Waals surface area contributed by atoms with E-state index in [4.69, 9.17) is 30.8 Å². The normalized spacial score (nSPS) is 16.7. The third-order valence-electron chi connectivity index (χ3n) is 6.32. The van der Waals surface area contributed by atoms with Crippen LogP contribution in [0.25, 0.3) is 11.3 Å². The molecule has 0 spiro atoms. The molecule has 38 heavy (non-hydrogen) atoms. The summed E-state index contributed by atoms with van der Waals surface area (Å²) in [5, 5.41) is 15.1. The van der Waals surface area contributed by atoms with Gasteiger partial charge in [0.1, 0.15) is 34.8 Å². The van der Waals surface area contributed by atoms with Gasteiger partial charge in [-0.3, -0.25) is 15.1 Å². The number of ether oxygens (including phenoxy) is 3. The van der Waals surface area contributed by atoms with Gasteiger partial charge < -0.3 is 28.8 Å². The van der Waals surface area contributed by atoms with Crippen LogP contribution in [0.1, 0.15) is 23.5 Å². The molecule has 11 heteroatoms. The lowest BCUT2D eigenvalue weighted by molar-refractivity contribution is -0.384. The van der Waals surface area contributed by atoms with Crippen molar-refractivity contribution in [2.45, 2.75) is 12.1 Å². The highest BCUT2D eigenvalue weighted by atomic mass is 32.1. The second kappa shape index (κ2) is 10.4.